The first kappa shape index (κ1) is 16.2. The number of aliphatic hydroxyl groups is 1. The predicted octanol–water partition coefficient (Wildman–Crippen LogP) is 2.98. The zero-order valence-electron chi connectivity index (χ0n) is 11.5. The van der Waals surface area contributed by atoms with Crippen molar-refractivity contribution in [2.24, 2.45) is 0 Å². The summed E-state index contributed by atoms with van der Waals surface area (Å²) < 4.78 is 28.3. The average molecular weight is 370 g/mol. The van der Waals surface area contributed by atoms with Gasteiger partial charge in [-0.1, -0.05) is 40.2 Å². The van der Waals surface area contributed by atoms with Gasteiger partial charge in [0, 0.05) is 10.5 Å². The van der Waals surface area contributed by atoms with Gasteiger partial charge in [-0.05, 0) is 42.3 Å². The Morgan fingerprint density at radius 1 is 1.19 bits per heavy atom. The van der Waals surface area contributed by atoms with Crippen molar-refractivity contribution in [3.63, 3.8) is 0 Å². The van der Waals surface area contributed by atoms with Gasteiger partial charge in [0.05, 0.1) is 11.5 Å². The van der Waals surface area contributed by atoms with Crippen LogP contribution in [0.15, 0.2) is 57.9 Å². The van der Waals surface area contributed by atoms with Crippen LogP contribution in [0.25, 0.3) is 0 Å². The number of rotatable bonds is 5. The zero-order valence-corrected chi connectivity index (χ0v) is 13.9. The molecular formula is C15H16BrNO3S. The minimum atomic E-state index is -3.63. The van der Waals surface area contributed by atoms with Crippen LogP contribution in [0.4, 0.5) is 0 Å². The maximum Gasteiger partial charge on any atom is 0.241 e. The van der Waals surface area contributed by atoms with E-state index in [1.165, 1.54) is 12.1 Å². The van der Waals surface area contributed by atoms with E-state index < -0.39 is 10.0 Å². The molecule has 21 heavy (non-hydrogen) atoms. The molecule has 0 fully saturated rings. The summed E-state index contributed by atoms with van der Waals surface area (Å²) in [4.78, 5) is 0.149. The van der Waals surface area contributed by atoms with Crippen molar-refractivity contribution in [1.29, 1.82) is 0 Å². The Balaban J connectivity index is 2.24. The molecule has 0 bridgehead atoms. The third kappa shape index (κ3) is 4.14. The second kappa shape index (κ2) is 6.70. The molecule has 0 aliphatic heterocycles. The summed E-state index contributed by atoms with van der Waals surface area (Å²) in [5.41, 5.74) is 1.43. The molecule has 0 saturated heterocycles. The first-order valence-electron chi connectivity index (χ1n) is 6.40. The summed E-state index contributed by atoms with van der Waals surface area (Å²) >= 11 is 3.37. The Bertz CT molecular complexity index is 731. The standard InChI is InChI=1S/C15H16BrNO3S/c1-11(13-5-3-6-14(16)9-13)17-21(19,20)15-7-2-4-12(8-15)10-18/h2-9,11,17-18H,10H2,1H3. The zero-order chi connectivity index (χ0) is 15.5. The van der Waals surface area contributed by atoms with Crippen LogP contribution in [-0.4, -0.2) is 13.5 Å². The van der Waals surface area contributed by atoms with E-state index in [4.69, 9.17) is 5.11 Å². The van der Waals surface area contributed by atoms with Crippen molar-refractivity contribution in [2.45, 2.75) is 24.5 Å². The van der Waals surface area contributed by atoms with Gasteiger partial charge in [-0.2, -0.15) is 0 Å². The fourth-order valence-corrected chi connectivity index (χ4v) is 3.67. The summed E-state index contributed by atoms with van der Waals surface area (Å²) in [5, 5.41) is 9.10. The van der Waals surface area contributed by atoms with Crippen LogP contribution in [0.2, 0.25) is 0 Å². The summed E-state index contributed by atoms with van der Waals surface area (Å²) in [6, 6.07) is 13.4. The molecule has 0 aromatic heterocycles. The molecule has 2 rings (SSSR count). The Kier molecular flexibility index (Phi) is 5.16. The van der Waals surface area contributed by atoms with Gasteiger partial charge < -0.3 is 5.11 Å². The van der Waals surface area contributed by atoms with Crippen molar-refractivity contribution < 1.29 is 13.5 Å². The summed E-state index contributed by atoms with van der Waals surface area (Å²) in [6.45, 7) is 1.60. The van der Waals surface area contributed by atoms with Gasteiger partial charge in [0.25, 0.3) is 0 Å². The smallest absolute Gasteiger partial charge is 0.241 e. The van der Waals surface area contributed by atoms with Crippen LogP contribution in [0.5, 0.6) is 0 Å². The number of aliphatic hydroxyl groups excluding tert-OH is 1. The SMILES string of the molecule is CC(NS(=O)(=O)c1cccc(CO)c1)c1cccc(Br)c1. The number of hydrogen-bond acceptors (Lipinski definition) is 3. The quantitative estimate of drug-likeness (QED) is 0.851. The van der Waals surface area contributed by atoms with E-state index in [0.29, 0.717) is 5.56 Å². The van der Waals surface area contributed by atoms with Crippen LogP contribution in [-0.2, 0) is 16.6 Å². The number of nitrogens with one attached hydrogen (secondary N) is 1. The molecule has 4 nitrogen and oxygen atoms in total. The second-order valence-corrected chi connectivity index (χ2v) is 7.33. The molecule has 2 aromatic carbocycles. The third-order valence-electron chi connectivity index (χ3n) is 3.07. The van der Waals surface area contributed by atoms with Gasteiger partial charge in [0.15, 0.2) is 0 Å². The van der Waals surface area contributed by atoms with Crippen molar-refractivity contribution in [3.05, 3.63) is 64.1 Å². The average Bonchev–Trinajstić information content (AvgIpc) is 2.47. The van der Waals surface area contributed by atoms with Crippen LogP contribution in [0, 0.1) is 0 Å². The van der Waals surface area contributed by atoms with E-state index in [-0.39, 0.29) is 17.5 Å². The number of sulfonamides is 1. The minimum Gasteiger partial charge on any atom is -0.392 e. The second-order valence-electron chi connectivity index (χ2n) is 4.70. The van der Waals surface area contributed by atoms with Gasteiger partial charge in [0.1, 0.15) is 0 Å². The third-order valence-corrected chi connectivity index (χ3v) is 5.10. The Morgan fingerprint density at radius 3 is 2.57 bits per heavy atom. The van der Waals surface area contributed by atoms with Crippen molar-refractivity contribution in [3.8, 4) is 0 Å². The van der Waals surface area contributed by atoms with Gasteiger partial charge in [-0.3, -0.25) is 0 Å². The van der Waals surface area contributed by atoms with Gasteiger partial charge in [0.2, 0.25) is 10.0 Å². The number of benzene rings is 2. The highest BCUT2D eigenvalue weighted by Gasteiger charge is 2.18. The Labute approximate surface area is 133 Å². The molecule has 0 spiro atoms. The summed E-state index contributed by atoms with van der Waals surface area (Å²) in [5.74, 6) is 0. The molecule has 1 unspecified atom stereocenters. The highest BCUT2D eigenvalue weighted by molar-refractivity contribution is 9.10. The van der Waals surface area contributed by atoms with E-state index >= 15 is 0 Å². The summed E-state index contributed by atoms with van der Waals surface area (Å²) in [6.07, 6.45) is 0. The highest BCUT2D eigenvalue weighted by Crippen LogP contribution is 2.20. The molecule has 0 amide bonds. The lowest BCUT2D eigenvalue weighted by atomic mass is 10.1. The van der Waals surface area contributed by atoms with Crippen molar-refractivity contribution in [2.75, 3.05) is 0 Å². The molecule has 0 aliphatic carbocycles. The molecule has 0 saturated carbocycles. The van der Waals surface area contributed by atoms with Crippen molar-refractivity contribution in [1.82, 2.24) is 4.72 Å². The molecule has 1 atom stereocenters. The van der Waals surface area contributed by atoms with Crippen molar-refractivity contribution >= 4 is 26.0 Å². The lowest BCUT2D eigenvalue weighted by Crippen LogP contribution is -2.27. The van der Waals surface area contributed by atoms with Gasteiger partial charge in [-0.25, -0.2) is 13.1 Å². The van der Waals surface area contributed by atoms with E-state index in [9.17, 15) is 8.42 Å². The fraction of sp³-hybridized carbons (Fsp3) is 0.200. The lowest BCUT2D eigenvalue weighted by Gasteiger charge is -2.15. The largest absolute Gasteiger partial charge is 0.392 e. The molecular weight excluding hydrogens is 354 g/mol. The van der Waals surface area contributed by atoms with E-state index in [1.807, 2.05) is 24.3 Å². The van der Waals surface area contributed by atoms with Crippen LogP contribution < -0.4 is 4.72 Å². The molecule has 2 N–H and O–H groups in total. The first-order chi connectivity index (χ1) is 9.92. The molecule has 0 aliphatic rings. The monoisotopic (exact) mass is 369 g/mol. The highest BCUT2D eigenvalue weighted by atomic mass is 79.9. The van der Waals surface area contributed by atoms with E-state index in [0.717, 1.165) is 10.0 Å². The molecule has 6 heteroatoms. The Morgan fingerprint density at radius 2 is 1.90 bits per heavy atom. The maximum absolute atomic E-state index is 12.4. The van der Waals surface area contributed by atoms with Gasteiger partial charge in [-0.15, -0.1) is 0 Å². The summed E-state index contributed by atoms with van der Waals surface area (Å²) in [7, 11) is -3.63. The maximum atomic E-state index is 12.4. The molecule has 2 aromatic rings. The van der Waals surface area contributed by atoms with Crippen LogP contribution in [0.3, 0.4) is 0 Å². The molecule has 0 radical (unpaired) electrons. The van der Waals surface area contributed by atoms with Crippen LogP contribution in [0.1, 0.15) is 24.1 Å². The lowest BCUT2D eigenvalue weighted by molar-refractivity contribution is 0.281. The van der Waals surface area contributed by atoms with E-state index in [1.54, 1.807) is 19.1 Å². The number of hydrogen-bond donors (Lipinski definition) is 2. The predicted molar refractivity (Wildman–Crippen MR) is 85.2 cm³/mol. The normalized spacial score (nSPS) is 13.1. The fourth-order valence-electron chi connectivity index (χ4n) is 1.96. The minimum absolute atomic E-state index is 0.149. The van der Waals surface area contributed by atoms with Gasteiger partial charge >= 0.3 is 0 Å². The number of halogens is 1. The molecule has 112 valence electrons. The molecule has 0 heterocycles. The van der Waals surface area contributed by atoms with Crippen LogP contribution >= 0.6 is 15.9 Å². The topological polar surface area (TPSA) is 66.4 Å². The first-order valence-corrected chi connectivity index (χ1v) is 8.67. The Hall–Kier alpha value is -1.21. The van der Waals surface area contributed by atoms with E-state index in [2.05, 4.69) is 20.7 Å².